The predicted octanol–water partition coefficient (Wildman–Crippen LogP) is 5.05. The van der Waals surface area contributed by atoms with Crippen molar-refractivity contribution in [2.75, 3.05) is 39.3 Å². The van der Waals surface area contributed by atoms with Crippen LogP contribution in [-0.4, -0.2) is 80.9 Å². The average molecular weight is 585 g/mol. The van der Waals surface area contributed by atoms with Gasteiger partial charge in [-0.15, -0.1) is 0 Å². The van der Waals surface area contributed by atoms with Gasteiger partial charge < -0.3 is 25.0 Å². The summed E-state index contributed by atoms with van der Waals surface area (Å²) in [5.74, 6) is 0. The predicted molar refractivity (Wildman–Crippen MR) is 159 cm³/mol. The highest BCUT2D eigenvalue weighted by molar-refractivity contribution is 7.89. The number of carbonyl (C=O) groups excluding carboxylic acids is 2. The lowest BCUT2D eigenvalue weighted by molar-refractivity contribution is 0.0207. The molecule has 0 aliphatic rings. The number of amides is 2. The van der Waals surface area contributed by atoms with Crippen molar-refractivity contribution in [2.45, 2.75) is 103 Å². The molecule has 3 N–H and O–H groups in total. The molecular formula is C29H52N4O6S. The maximum absolute atomic E-state index is 12.9. The molecule has 0 atom stereocenters. The number of ether oxygens (including phenoxy) is 2. The second-order valence-electron chi connectivity index (χ2n) is 12.1. The van der Waals surface area contributed by atoms with Gasteiger partial charge in [-0.1, -0.05) is 17.7 Å². The summed E-state index contributed by atoms with van der Waals surface area (Å²) in [6.45, 7) is 15.7. The first-order valence-electron chi connectivity index (χ1n) is 14.3. The first-order valence-corrected chi connectivity index (χ1v) is 15.7. The minimum Gasteiger partial charge on any atom is -0.444 e. The van der Waals surface area contributed by atoms with E-state index in [4.69, 9.17) is 15.2 Å². The molecule has 11 heteroatoms. The number of benzene rings is 1. The number of carbonyl (C=O) groups is 2. The van der Waals surface area contributed by atoms with Gasteiger partial charge >= 0.3 is 12.2 Å². The number of sulfonamides is 1. The van der Waals surface area contributed by atoms with Crippen molar-refractivity contribution in [1.29, 1.82) is 0 Å². The summed E-state index contributed by atoms with van der Waals surface area (Å²) < 4.78 is 38.8. The summed E-state index contributed by atoms with van der Waals surface area (Å²) in [6.07, 6.45) is 3.42. The van der Waals surface area contributed by atoms with Crippen LogP contribution in [0.4, 0.5) is 9.59 Å². The molecule has 10 nitrogen and oxygen atoms in total. The first kappa shape index (κ1) is 35.7. The lowest BCUT2D eigenvalue weighted by Gasteiger charge is -2.29. The molecule has 0 saturated heterocycles. The molecule has 1 aromatic rings. The van der Waals surface area contributed by atoms with E-state index >= 15 is 0 Å². The Bertz CT molecular complexity index is 1000. The van der Waals surface area contributed by atoms with E-state index in [2.05, 4.69) is 4.72 Å². The highest BCUT2D eigenvalue weighted by atomic mass is 32.2. The van der Waals surface area contributed by atoms with Gasteiger partial charge in [0.15, 0.2) is 0 Å². The molecule has 0 aromatic heterocycles. The average Bonchev–Trinajstić information content (AvgIpc) is 2.82. The Morgan fingerprint density at radius 2 is 1.15 bits per heavy atom. The fraction of sp³-hybridized carbons (Fsp3) is 0.724. The van der Waals surface area contributed by atoms with Gasteiger partial charge in [-0.3, -0.25) is 0 Å². The topological polar surface area (TPSA) is 131 Å². The second kappa shape index (κ2) is 16.8. The molecule has 0 fully saturated rings. The van der Waals surface area contributed by atoms with Crippen LogP contribution >= 0.6 is 0 Å². The molecule has 2 amide bonds. The van der Waals surface area contributed by atoms with Gasteiger partial charge in [0, 0.05) is 32.7 Å². The molecule has 0 aliphatic heterocycles. The summed E-state index contributed by atoms with van der Waals surface area (Å²) in [5.41, 5.74) is 5.40. The third-order valence-electron chi connectivity index (χ3n) is 5.77. The van der Waals surface area contributed by atoms with Gasteiger partial charge in [0.1, 0.15) is 11.2 Å². The van der Waals surface area contributed by atoms with Crippen LogP contribution < -0.4 is 10.5 Å². The van der Waals surface area contributed by atoms with Crippen LogP contribution in [0.15, 0.2) is 29.2 Å². The largest absolute Gasteiger partial charge is 0.444 e. The summed E-state index contributed by atoms with van der Waals surface area (Å²) in [7, 11) is -3.58. The van der Waals surface area contributed by atoms with E-state index in [9.17, 15) is 18.0 Å². The van der Waals surface area contributed by atoms with Crippen molar-refractivity contribution >= 4 is 22.2 Å². The fourth-order valence-electron chi connectivity index (χ4n) is 3.73. The quantitative estimate of drug-likeness (QED) is 0.260. The van der Waals surface area contributed by atoms with E-state index in [1.807, 2.05) is 48.5 Å². The number of hydrogen-bond donors (Lipinski definition) is 2. The Morgan fingerprint density at radius 3 is 1.55 bits per heavy atom. The minimum absolute atomic E-state index is 0.233. The zero-order chi connectivity index (χ0) is 30.4. The molecule has 0 unspecified atom stereocenters. The maximum atomic E-state index is 12.9. The molecule has 0 saturated carbocycles. The Balaban J connectivity index is 2.64. The number of nitrogens with one attached hydrogen (secondary N) is 1. The molecule has 0 radical (unpaired) electrons. The summed E-state index contributed by atoms with van der Waals surface area (Å²) in [6, 6.07) is 6.70. The van der Waals surface area contributed by atoms with Crippen molar-refractivity contribution < 1.29 is 27.5 Å². The van der Waals surface area contributed by atoms with Crippen LogP contribution in [-0.2, 0) is 19.5 Å². The molecule has 1 rings (SSSR count). The van der Waals surface area contributed by atoms with Crippen LogP contribution in [0.3, 0.4) is 0 Å². The summed E-state index contributed by atoms with van der Waals surface area (Å²) in [5, 5.41) is 0. The normalized spacial score (nSPS) is 12.2. The second-order valence-corrected chi connectivity index (χ2v) is 13.8. The van der Waals surface area contributed by atoms with Gasteiger partial charge in [-0.05, 0) is 106 Å². The lowest BCUT2D eigenvalue weighted by atomic mass is 10.2. The zero-order valence-electron chi connectivity index (χ0n) is 25.6. The molecule has 0 spiro atoms. The SMILES string of the molecule is Cc1ccc(S(=O)(=O)NCCCCN(CCCCN(CCCCN)C(=O)OC(C)(C)C)C(=O)OC(C)(C)C)cc1. The van der Waals surface area contributed by atoms with E-state index in [-0.39, 0.29) is 17.5 Å². The van der Waals surface area contributed by atoms with Gasteiger partial charge in [0.25, 0.3) is 0 Å². The van der Waals surface area contributed by atoms with E-state index in [1.165, 1.54) is 0 Å². The van der Waals surface area contributed by atoms with Crippen molar-refractivity contribution in [3.63, 3.8) is 0 Å². The monoisotopic (exact) mass is 584 g/mol. The van der Waals surface area contributed by atoms with E-state index in [0.717, 1.165) is 18.4 Å². The minimum atomic E-state index is -3.58. The molecule has 0 heterocycles. The molecule has 1 aromatic carbocycles. The van der Waals surface area contributed by atoms with E-state index in [0.29, 0.717) is 58.4 Å². The van der Waals surface area contributed by atoms with Gasteiger partial charge in [0.2, 0.25) is 10.0 Å². The third kappa shape index (κ3) is 15.4. The fourth-order valence-corrected chi connectivity index (χ4v) is 4.80. The molecule has 40 heavy (non-hydrogen) atoms. The van der Waals surface area contributed by atoms with Crippen molar-refractivity contribution in [2.24, 2.45) is 5.73 Å². The number of unbranched alkanes of at least 4 members (excludes halogenated alkanes) is 3. The van der Waals surface area contributed by atoms with E-state index in [1.54, 1.807) is 34.1 Å². The van der Waals surface area contributed by atoms with Gasteiger partial charge in [-0.2, -0.15) is 0 Å². The first-order chi connectivity index (χ1) is 18.5. The highest BCUT2D eigenvalue weighted by Crippen LogP contribution is 2.14. The zero-order valence-corrected chi connectivity index (χ0v) is 26.4. The lowest BCUT2D eigenvalue weighted by Crippen LogP contribution is -2.39. The molecular weight excluding hydrogens is 532 g/mol. The van der Waals surface area contributed by atoms with Crippen molar-refractivity contribution in [1.82, 2.24) is 14.5 Å². The molecule has 0 bridgehead atoms. The van der Waals surface area contributed by atoms with E-state index < -0.39 is 27.3 Å². The number of aryl methyl sites for hydroxylation is 1. The van der Waals surface area contributed by atoms with Crippen LogP contribution in [0, 0.1) is 6.92 Å². The Morgan fingerprint density at radius 1 is 0.750 bits per heavy atom. The number of nitrogens with two attached hydrogens (primary N) is 1. The number of rotatable bonds is 16. The summed E-state index contributed by atoms with van der Waals surface area (Å²) >= 11 is 0. The molecule has 230 valence electrons. The van der Waals surface area contributed by atoms with Crippen molar-refractivity contribution in [3.8, 4) is 0 Å². The Kier molecular flexibility index (Phi) is 15.0. The van der Waals surface area contributed by atoms with Crippen molar-refractivity contribution in [3.05, 3.63) is 29.8 Å². The van der Waals surface area contributed by atoms with Crippen LogP contribution in [0.25, 0.3) is 0 Å². The van der Waals surface area contributed by atoms with Crippen LogP contribution in [0.2, 0.25) is 0 Å². The third-order valence-corrected chi connectivity index (χ3v) is 7.25. The standard InChI is InChI=1S/C29H52N4O6S/c1-24-14-16-25(17-15-24)40(36,37)31-19-9-11-21-33(27(35)39-29(5,6)7)23-13-12-22-32(20-10-8-18-30)26(34)38-28(2,3)4/h14-17,31H,8-13,18-23,30H2,1-7H3. The van der Waals surface area contributed by atoms with Crippen LogP contribution in [0.1, 0.15) is 85.6 Å². The number of hydrogen-bond acceptors (Lipinski definition) is 7. The van der Waals surface area contributed by atoms with Crippen LogP contribution in [0.5, 0.6) is 0 Å². The maximum Gasteiger partial charge on any atom is 0.410 e. The highest BCUT2D eigenvalue weighted by Gasteiger charge is 2.24. The molecule has 0 aliphatic carbocycles. The number of nitrogens with zero attached hydrogens (tertiary/aromatic N) is 2. The van der Waals surface area contributed by atoms with Gasteiger partial charge in [0.05, 0.1) is 4.90 Å². The smallest absolute Gasteiger partial charge is 0.410 e. The Hall–Kier alpha value is -2.37. The summed E-state index contributed by atoms with van der Waals surface area (Å²) in [4.78, 5) is 29.1. The van der Waals surface area contributed by atoms with Gasteiger partial charge in [-0.25, -0.2) is 22.7 Å². The Labute approximate surface area is 242 Å².